The maximum Gasteiger partial charge on any atom is 0.264 e. The summed E-state index contributed by atoms with van der Waals surface area (Å²) in [4.78, 5) is 14.7. The van der Waals surface area contributed by atoms with Gasteiger partial charge in [-0.05, 0) is 50.5 Å². The molecule has 0 radical (unpaired) electrons. The smallest absolute Gasteiger partial charge is 0.264 e. The van der Waals surface area contributed by atoms with Crippen molar-refractivity contribution in [2.45, 2.75) is 51.5 Å². The first-order valence-corrected chi connectivity index (χ1v) is 9.21. The summed E-state index contributed by atoms with van der Waals surface area (Å²) in [6.07, 6.45) is 0.202. The summed E-state index contributed by atoms with van der Waals surface area (Å²) < 4.78 is 17.8. The van der Waals surface area contributed by atoms with Crippen LogP contribution in [0.4, 0.5) is 0 Å². The number of amides is 1. The van der Waals surface area contributed by atoms with E-state index in [1.807, 2.05) is 24.8 Å². The fraction of sp³-hybridized carbons (Fsp3) is 0.588. The number of benzene rings is 1. The zero-order chi connectivity index (χ0) is 16.0. The number of fused-ring (bicyclic) bond motifs is 1. The molecule has 5 heteroatoms. The lowest BCUT2D eigenvalue weighted by Gasteiger charge is -2.38. The molecule has 0 unspecified atom stereocenters. The van der Waals surface area contributed by atoms with Gasteiger partial charge in [-0.1, -0.05) is 6.07 Å². The first kappa shape index (κ1) is 15.5. The molecule has 3 rings (SSSR count). The molecule has 22 heavy (non-hydrogen) atoms. The molecule has 1 aromatic carbocycles. The Hall–Kier alpha value is -1.36. The van der Waals surface area contributed by atoms with Crippen LogP contribution in [0.15, 0.2) is 12.1 Å². The number of hydrogen-bond acceptors (Lipinski definition) is 3. The van der Waals surface area contributed by atoms with Gasteiger partial charge in [0.15, 0.2) is 6.10 Å². The minimum Gasteiger partial charge on any atom is -0.480 e. The first-order valence-electron chi connectivity index (χ1n) is 7.83. The minimum atomic E-state index is -0.835. The van der Waals surface area contributed by atoms with Crippen LogP contribution in [0.3, 0.4) is 0 Å². The Morgan fingerprint density at radius 3 is 2.68 bits per heavy atom. The van der Waals surface area contributed by atoms with Crippen LogP contribution in [0, 0.1) is 13.8 Å². The zero-order valence-corrected chi connectivity index (χ0v) is 14.4. The van der Waals surface area contributed by atoms with Gasteiger partial charge in [-0.25, -0.2) is 0 Å². The lowest BCUT2D eigenvalue weighted by Crippen LogP contribution is -2.55. The SMILES string of the molecule is Cc1cc2c(cc1C)O[C@H](C(=O)N1CC[S@](=O)[C@@H](C)[C@@H]1C)C2. The molecule has 1 saturated heterocycles. The lowest BCUT2D eigenvalue weighted by atomic mass is 10.0. The normalized spacial score (nSPS) is 30.8. The van der Waals surface area contributed by atoms with Crippen LogP contribution in [0.5, 0.6) is 5.75 Å². The van der Waals surface area contributed by atoms with Crippen molar-refractivity contribution in [1.29, 1.82) is 0 Å². The molecular formula is C17H23NO3S. The molecule has 0 saturated carbocycles. The van der Waals surface area contributed by atoms with E-state index in [1.165, 1.54) is 11.1 Å². The molecule has 1 fully saturated rings. The van der Waals surface area contributed by atoms with E-state index in [2.05, 4.69) is 19.9 Å². The van der Waals surface area contributed by atoms with Gasteiger partial charge in [-0.2, -0.15) is 0 Å². The van der Waals surface area contributed by atoms with Gasteiger partial charge < -0.3 is 9.64 Å². The van der Waals surface area contributed by atoms with Crippen molar-refractivity contribution < 1.29 is 13.7 Å². The molecule has 4 atom stereocenters. The van der Waals surface area contributed by atoms with Crippen LogP contribution < -0.4 is 4.74 Å². The number of ether oxygens (including phenoxy) is 1. The van der Waals surface area contributed by atoms with Gasteiger partial charge in [-0.3, -0.25) is 9.00 Å². The summed E-state index contributed by atoms with van der Waals surface area (Å²) in [6.45, 7) is 8.63. The quantitative estimate of drug-likeness (QED) is 0.794. The third-order valence-corrected chi connectivity index (χ3v) is 6.84. The van der Waals surface area contributed by atoms with Gasteiger partial charge >= 0.3 is 0 Å². The molecule has 2 aliphatic rings. The second-order valence-corrected chi connectivity index (χ2v) is 8.33. The first-order chi connectivity index (χ1) is 10.4. The fourth-order valence-corrected chi connectivity index (χ4v) is 4.53. The van der Waals surface area contributed by atoms with Crippen molar-refractivity contribution in [3.05, 3.63) is 28.8 Å². The highest BCUT2D eigenvalue weighted by molar-refractivity contribution is 7.85. The molecule has 1 amide bonds. The molecule has 0 N–H and O–H groups in total. The largest absolute Gasteiger partial charge is 0.480 e. The molecule has 0 aromatic heterocycles. The molecule has 0 aliphatic carbocycles. The Kier molecular flexibility index (Phi) is 4.02. The van der Waals surface area contributed by atoms with Crippen molar-refractivity contribution in [2.24, 2.45) is 0 Å². The summed E-state index contributed by atoms with van der Waals surface area (Å²) in [7, 11) is -0.835. The molecule has 2 heterocycles. The van der Waals surface area contributed by atoms with E-state index in [0.29, 0.717) is 18.7 Å². The third-order valence-electron chi connectivity index (χ3n) is 5.03. The Morgan fingerprint density at radius 2 is 1.95 bits per heavy atom. The Morgan fingerprint density at radius 1 is 1.27 bits per heavy atom. The number of hydrogen-bond donors (Lipinski definition) is 0. The van der Waals surface area contributed by atoms with Crippen LogP contribution in [-0.2, 0) is 22.0 Å². The van der Waals surface area contributed by atoms with Crippen LogP contribution in [0.2, 0.25) is 0 Å². The van der Waals surface area contributed by atoms with Gasteiger partial charge in [-0.15, -0.1) is 0 Å². The average Bonchev–Trinajstić information content (AvgIpc) is 2.87. The second-order valence-electron chi connectivity index (χ2n) is 6.42. The predicted octanol–water partition coefficient (Wildman–Crippen LogP) is 1.97. The summed E-state index contributed by atoms with van der Waals surface area (Å²) in [6, 6.07) is 4.14. The molecular weight excluding hydrogens is 298 g/mol. The maximum absolute atomic E-state index is 12.8. The van der Waals surface area contributed by atoms with Gasteiger partial charge in [0.1, 0.15) is 5.75 Å². The highest BCUT2D eigenvalue weighted by Gasteiger charge is 2.39. The zero-order valence-electron chi connectivity index (χ0n) is 13.6. The topological polar surface area (TPSA) is 46.6 Å². The molecule has 0 spiro atoms. The number of carbonyl (C=O) groups is 1. The van der Waals surface area contributed by atoms with Crippen LogP contribution in [0.25, 0.3) is 0 Å². The molecule has 1 aromatic rings. The van der Waals surface area contributed by atoms with E-state index in [0.717, 1.165) is 11.3 Å². The van der Waals surface area contributed by atoms with Gasteiger partial charge in [0.05, 0.1) is 5.25 Å². The molecule has 2 aliphatic heterocycles. The number of rotatable bonds is 1. The van der Waals surface area contributed by atoms with Crippen molar-refractivity contribution >= 4 is 16.7 Å². The highest BCUT2D eigenvalue weighted by Crippen LogP contribution is 2.32. The highest BCUT2D eigenvalue weighted by atomic mass is 32.2. The number of carbonyl (C=O) groups excluding carboxylic acids is 1. The minimum absolute atomic E-state index is 0.00197. The van der Waals surface area contributed by atoms with E-state index in [1.54, 1.807) is 0 Å². The van der Waals surface area contributed by atoms with Gasteiger partial charge in [0.2, 0.25) is 0 Å². The van der Waals surface area contributed by atoms with Crippen molar-refractivity contribution in [2.75, 3.05) is 12.3 Å². The molecule has 4 nitrogen and oxygen atoms in total. The fourth-order valence-electron chi connectivity index (χ4n) is 3.20. The van der Waals surface area contributed by atoms with Crippen molar-refractivity contribution in [3.8, 4) is 5.75 Å². The van der Waals surface area contributed by atoms with Crippen molar-refractivity contribution in [1.82, 2.24) is 4.90 Å². The van der Waals surface area contributed by atoms with E-state index >= 15 is 0 Å². The van der Waals surface area contributed by atoms with Crippen molar-refractivity contribution in [3.63, 3.8) is 0 Å². The summed E-state index contributed by atoms with van der Waals surface area (Å²) in [5, 5.41) is 0.0194. The Bertz CT molecular complexity index is 612. The number of nitrogens with zero attached hydrogens (tertiary/aromatic N) is 1. The number of aryl methyl sites for hydroxylation is 2. The van der Waals surface area contributed by atoms with Crippen LogP contribution in [-0.4, -0.2) is 44.7 Å². The molecule has 120 valence electrons. The van der Waals surface area contributed by atoms with Crippen LogP contribution in [0.1, 0.15) is 30.5 Å². The van der Waals surface area contributed by atoms with Crippen LogP contribution >= 0.6 is 0 Å². The van der Waals surface area contributed by atoms with E-state index < -0.39 is 16.9 Å². The standard InChI is InChI=1S/C17H23NO3S/c1-10-7-14-9-16(21-15(14)8-11(10)2)17(19)18-5-6-22(20)13(4)12(18)3/h7-8,12-13,16H,5-6,9H2,1-4H3/t12-,13-,16-,22-/m0/s1. The summed E-state index contributed by atoms with van der Waals surface area (Å²) >= 11 is 0. The third kappa shape index (κ3) is 2.56. The Balaban J connectivity index is 1.76. The van der Waals surface area contributed by atoms with Gasteiger partial charge in [0, 0.05) is 35.6 Å². The van der Waals surface area contributed by atoms with Gasteiger partial charge in [0.25, 0.3) is 5.91 Å². The summed E-state index contributed by atoms with van der Waals surface area (Å²) in [5.74, 6) is 1.43. The van der Waals surface area contributed by atoms with E-state index in [9.17, 15) is 9.00 Å². The lowest BCUT2D eigenvalue weighted by molar-refractivity contribution is -0.139. The predicted molar refractivity (Wildman–Crippen MR) is 87.7 cm³/mol. The Labute approximate surface area is 134 Å². The monoisotopic (exact) mass is 321 g/mol. The average molecular weight is 321 g/mol. The molecule has 0 bridgehead atoms. The van der Waals surface area contributed by atoms with E-state index in [-0.39, 0.29) is 17.2 Å². The second kappa shape index (κ2) is 5.69. The van der Waals surface area contributed by atoms with E-state index in [4.69, 9.17) is 4.74 Å². The maximum atomic E-state index is 12.8. The summed E-state index contributed by atoms with van der Waals surface area (Å²) in [5.41, 5.74) is 3.52.